The molecule has 0 bridgehead atoms. The van der Waals surface area contributed by atoms with E-state index < -0.39 is 17.3 Å². The van der Waals surface area contributed by atoms with Gasteiger partial charge < -0.3 is 24.2 Å². The molecule has 0 aliphatic carbocycles. The smallest absolute Gasteiger partial charge is 0.261 e. The zero-order chi connectivity index (χ0) is 31.7. The maximum Gasteiger partial charge on any atom is 0.261 e. The number of halogens is 1. The fraction of sp³-hybridized carbons (Fsp3) is 0.441. The number of hydrogen-bond donors (Lipinski definition) is 2. The van der Waals surface area contributed by atoms with Crippen LogP contribution in [0.2, 0.25) is 0 Å². The maximum atomic E-state index is 15.8. The fourth-order valence-corrected chi connectivity index (χ4v) is 6.44. The van der Waals surface area contributed by atoms with Crippen molar-refractivity contribution in [3.05, 3.63) is 66.1 Å². The number of imidazole rings is 1. The molecule has 2 aromatic carbocycles. The summed E-state index contributed by atoms with van der Waals surface area (Å²) in [6.45, 7) is 10.0. The molecule has 2 aromatic heterocycles. The average Bonchev–Trinajstić information content (AvgIpc) is 3.36. The van der Waals surface area contributed by atoms with Gasteiger partial charge in [-0.25, -0.2) is 9.37 Å². The number of aliphatic hydroxyl groups is 1. The summed E-state index contributed by atoms with van der Waals surface area (Å²) < 4.78 is 23.0. The first-order chi connectivity index (χ1) is 21.6. The van der Waals surface area contributed by atoms with Crippen molar-refractivity contribution >= 4 is 28.6 Å². The van der Waals surface area contributed by atoms with E-state index in [1.54, 1.807) is 42.7 Å². The number of para-hydroxylation sites is 1. The first-order valence-electron chi connectivity index (χ1n) is 15.6. The van der Waals surface area contributed by atoms with Crippen molar-refractivity contribution < 1.29 is 19.0 Å². The molecule has 0 unspecified atom stereocenters. The minimum absolute atomic E-state index is 0.0196. The van der Waals surface area contributed by atoms with Gasteiger partial charge in [0.1, 0.15) is 11.4 Å². The van der Waals surface area contributed by atoms with E-state index in [0.717, 1.165) is 63.3 Å². The number of carbonyl (C=O) groups is 1. The van der Waals surface area contributed by atoms with Crippen LogP contribution in [0.1, 0.15) is 37.0 Å². The molecule has 0 saturated carbocycles. The van der Waals surface area contributed by atoms with Crippen LogP contribution in [-0.2, 0) is 6.54 Å². The SMILES string of the molecule is COc1ccccc1-c1nccc(C(=O)Nc2nc3ccc(N4CCC(N5CCN(C)CC5)CC4)cc3n2CC(C)(C)O)c1F. The zero-order valence-corrected chi connectivity index (χ0v) is 26.5. The van der Waals surface area contributed by atoms with Gasteiger partial charge in [0, 0.05) is 62.8 Å². The minimum atomic E-state index is -1.09. The van der Waals surface area contributed by atoms with Gasteiger partial charge in [0.05, 0.1) is 35.9 Å². The standard InChI is InChI=1S/C34H42FN7O3/c1-34(2,44)22-42-28-21-24(40-15-12-23(13-16-40)41-19-17-39(3)18-20-41)9-10-27(28)37-33(42)38-32(43)26-11-14-36-31(30(26)35)25-7-5-6-8-29(25)45-4/h5-11,14,21,23,44H,12-13,15-20,22H2,1-4H3,(H,37,38,43). The quantitative estimate of drug-likeness (QED) is 0.300. The number of piperazine rings is 1. The molecule has 0 spiro atoms. The Morgan fingerprint density at radius 3 is 2.51 bits per heavy atom. The molecule has 4 aromatic rings. The first kappa shape index (κ1) is 30.9. The summed E-state index contributed by atoms with van der Waals surface area (Å²) in [5.41, 5.74) is 1.75. The maximum absolute atomic E-state index is 15.8. The zero-order valence-electron chi connectivity index (χ0n) is 26.5. The number of methoxy groups -OCH3 is 1. The third-order valence-corrected chi connectivity index (χ3v) is 8.88. The molecular formula is C34H42FN7O3. The second-order valence-electron chi connectivity index (χ2n) is 12.7. The Hall–Kier alpha value is -4.06. The number of amides is 1. The summed E-state index contributed by atoms with van der Waals surface area (Å²) in [5, 5.41) is 13.6. The van der Waals surface area contributed by atoms with E-state index in [1.165, 1.54) is 19.4 Å². The molecule has 2 aliphatic rings. The number of carbonyl (C=O) groups excluding carboxylic acids is 1. The number of piperidine rings is 1. The van der Waals surface area contributed by atoms with Crippen LogP contribution in [0.15, 0.2) is 54.7 Å². The molecular weight excluding hydrogens is 573 g/mol. The van der Waals surface area contributed by atoms with Crippen molar-refractivity contribution in [3.63, 3.8) is 0 Å². The lowest BCUT2D eigenvalue weighted by atomic mass is 10.0. The average molecular weight is 616 g/mol. The van der Waals surface area contributed by atoms with Crippen molar-refractivity contribution in [2.75, 3.05) is 63.6 Å². The number of anilines is 2. The number of nitrogens with one attached hydrogen (secondary N) is 1. The summed E-state index contributed by atoms with van der Waals surface area (Å²) in [6.07, 6.45) is 3.62. The highest BCUT2D eigenvalue weighted by Gasteiger charge is 2.28. The second kappa shape index (κ2) is 12.7. The Bertz CT molecular complexity index is 1670. The molecule has 1 amide bonds. The summed E-state index contributed by atoms with van der Waals surface area (Å²) >= 11 is 0. The van der Waals surface area contributed by atoms with Gasteiger partial charge in [-0.1, -0.05) is 12.1 Å². The van der Waals surface area contributed by atoms with Crippen LogP contribution in [0, 0.1) is 5.82 Å². The molecule has 0 atom stereocenters. The lowest BCUT2D eigenvalue weighted by molar-refractivity contribution is 0.0630. The van der Waals surface area contributed by atoms with Gasteiger partial charge in [0.25, 0.3) is 5.91 Å². The molecule has 6 rings (SSSR count). The molecule has 238 valence electrons. The van der Waals surface area contributed by atoms with E-state index >= 15 is 4.39 Å². The topological polar surface area (TPSA) is 99.0 Å². The third kappa shape index (κ3) is 6.66. The van der Waals surface area contributed by atoms with Crippen molar-refractivity contribution in [1.82, 2.24) is 24.3 Å². The van der Waals surface area contributed by atoms with Crippen molar-refractivity contribution in [1.29, 1.82) is 0 Å². The Morgan fingerprint density at radius 2 is 1.80 bits per heavy atom. The van der Waals surface area contributed by atoms with Gasteiger partial charge in [0.15, 0.2) is 5.82 Å². The van der Waals surface area contributed by atoms with Crippen LogP contribution < -0.4 is 15.0 Å². The fourth-order valence-electron chi connectivity index (χ4n) is 6.44. The first-order valence-corrected chi connectivity index (χ1v) is 15.6. The van der Waals surface area contributed by atoms with Crippen LogP contribution in [0.3, 0.4) is 0 Å². The van der Waals surface area contributed by atoms with Gasteiger partial charge in [-0.3, -0.25) is 20.0 Å². The highest BCUT2D eigenvalue weighted by Crippen LogP contribution is 2.32. The van der Waals surface area contributed by atoms with Crippen LogP contribution in [0.5, 0.6) is 5.75 Å². The number of nitrogens with zero attached hydrogens (tertiary/aromatic N) is 6. The highest BCUT2D eigenvalue weighted by molar-refractivity contribution is 6.05. The Balaban J connectivity index is 1.25. The van der Waals surface area contributed by atoms with Crippen molar-refractivity contribution in [2.45, 2.75) is 44.9 Å². The monoisotopic (exact) mass is 615 g/mol. The number of ether oxygens (including phenoxy) is 1. The van der Waals surface area contributed by atoms with Crippen LogP contribution in [0.25, 0.3) is 22.3 Å². The van der Waals surface area contributed by atoms with Gasteiger partial charge in [-0.05, 0) is 70.1 Å². The van der Waals surface area contributed by atoms with Crippen LogP contribution in [-0.4, -0.2) is 100 Å². The van der Waals surface area contributed by atoms with Gasteiger partial charge in [-0.2, -0.15) is 0 Å². The van der Waals surface area contributed by atoms with E-state index in [1.807, 2.05) is 6.07 Å². The van der Waals surface area contributed by atoms with Crippen molar-refractivity contribution in [2.24, 2.45) is 0 Å². The van der Waals surface area contributed by atoms with Crippen LogP contribution >= 0.6 is 0 Å². The Labute approximate surface area is 263 Å². The number of rotatable bonds is 8. The molecule has 2 N–H and O–H groups in total. The molecule has 2 saturated heterocycles. The van der Waals surface area contributed by atoms with Crippen LogP contribution in [0.4, 0.5) is 16.0 Å². The summed E-state index contributed by atoms with van der Waals surface area (Å²) in [6, 6.07) is 15.0. The molecule has 2 aliphatic heterocycles. The van der Waals surface area contributed by atoms with Gasteiger partial charge in [0.2, 0.25) is 5.95 Å². The normalized spacial score (nSPS) is 17.2. The van der Waals surface area contributed by atoms with E-state index in [-0.39, 0.29) is 23.8 Å². The molecule has 45 heavy (non-hydrogen) atoms. The third-order valence-electron chi connectivity index (χ3n) is 8.88. The van der Waals surface area contributed by atoms with E-state index in [2.05, 4.69) is 44.2 Å². The van der Waals surface area contributed by atoms with Gasteiger partial charge >= 0.3 is 0 Å². The predicted octanol–water partition coefficient (Wildman–Crippen LogP) is 4.49. The predicted molar refractivity (Wildman–Crippen MR) is 174 cm³/mol. The van der Waals surface area contributed by atoms with E-state index in [9.17, 15) is 9.90 Å². The largest absolute Gasteiger partial charge is 0.496 e. The molecule has 4 heterocycles. The number of likely N-dealkylation sites (N-methyl/N-ethyl adjacent to an activating group) is 1. The summed E-state index contributed by atoms with van der Waals surface area (Å²) in [5.74, 6) is -0.734. The number of hydrogen-bond acceptors (Lipinski definition) is 8. The lowest BCUT2D eigenvalue weighted by Gasteiger charge is -2.42. The minimum Gasteiger partial charge on any atom is -0.496 e. The summed E-state index contributed by atoms with van der Waals surface area (Å²) in [4.78, 5) is 29.8. The Kier molecular flexibility index (Phi) is 8.76. The Morgan fingerprint density at radius 1 is 1.07 bits per heavy atom. The highest BCUT2D eigenvalue weighted by atomic mass is 19.1. The number of pyridine rings is 1. The molecule has 2 fully saturated rings. The van der Waals surface area contributed by atoms with Gasteiger partial charge in [-0.15, -0.1) is 0 Å². The van der Waals surface area contributed by atoms with E-state index in [0.29, 0.717) is 22.9 Å². The molecule has 10 nitrogen and oxygen atoms in total. The molecule has 0 radical (unpaired) electrons. The number of benzene rings is 2. The lowest BCUT2D eigenvalue weighted by Crippen LogP contribution is -2.52. The summed E-state index contributed by atoms with van der Waals surface area (Å²) in [7, 11) is 3.69. The number of fused-ring (bicyclic) bond motifs is 1. The molecule has 11 heteroatoms. The van der Waals surface area contributed by atoms with E-state index in [4.69, 9.17) is 9.72 Å². The van der Waals surface area contributed by atoms with Crippen molar-refractivity contribution in [3.8, 4) is 17.0 Å². The second-order valence-corrected chi connectivity index (χ2v) is 12.7. The number of aromatic nitrogens is 3.